The molecule has 0 heterocycles. The number of Topliss-reactive ketones (excluding diaryl/α,β-unsaturated/α-hetero) is 1. The highest BCUT2D eigenvalue weighted by molar-refractivity contribution is 6.07. The number of aryl methyl sites for hydroxylation is 1. The number of amides is 1. The van der Waals surface area contributed by atoms with Crippen molar-refractivity contribution in [2.24, 2.45) is 0 Å². The van der Waals surface area contributed by atoms with Gasteiger partial charge in [0.2, 0.25) is 0 Å². The number of carbonyl (C=O) groups is 2. The van der Waals surface area contributed by atoms with Crippen LogP contribution in [0.1, 0.15) is 31.8 Å². The maximum absolute atomic E-state index is 12.3. The van der Waals surface area contributed by atoms with Crippen molar-refractivity contribution in [2.75, 3.05) is 0 Å². The summed E-state index contributed by atoms with van der Waals surface area (Å²) in [4.78, 5) is 24.5. The van der Waals surface area contributed by atoms with Gasteiger partial charge < -0.3 is 5.32 Å². The van der Waals surface area contributed by atoms with Gasteiger partial charge in [0.05, 0.1) is 6.04 Å². The topological polar surface area (TPSA) is 46.2 Å². The van der Waals surface area contributed by atoms with Crippen LogP contribution in [0.15, 0.2) is 48.5 Å². The summed E-state index contributed by atoms with van der Waals surface area (Å²) in [5.74, 6) is -0.184. The minimum Gasteiger partial charge on any atom is -0.341 e. The fourth-order valence-electron chi connectivity index (χ4n) is 2.62. The molecule has 0 saturated carbocycles. The molecule has 1 aliphatic rings. The van der Waals surface area contributed by atoms with E-state index in [2.05, 4.69) is 5.32 Å². The summed E-state index contributed by atoms with van der Waals surface area (Å²) in [5, 5.41) is 2.84. The van der Waals surface area contributed by atoms with Gasteiger partial charge in [0, 0.05) is 17.5 Å². The van der Waals surface area contributed by atoms with Gasteiger partial charge in [0.25, 0.3) is 5.91 Å². The lowest BCUT2D eigenvalue weighted by Gasteiger charge is -2.12. The molecule has 0 aliphatic heterocycles. The number of carbonyl (C=O) groups excluding carboxylic acids is 2. The quantitative estimate of drug-likeness (QED) is 0.907. The summed E-state index contributed by atoms with van der Waals surface area (Å²) in [6.07, 6.45) is 0.576. The molecule has 20 heavy (non-hydrogen) atoms. The van der Waals surface area contributed by atoms with Crippen LogP contribution in [0.2, 0.25) is 0 Å². The molecule has 0 bridgehead atoms. The van der Waals surface area contributed by atoms with Crippen LogP contribution in [0, 0.1) is 6.92 Å². The van der Waals surface area contributed by atoms with Gasteiger partial charge in [-0.2, -0.15) is 0 Å². The molecule has 0 spiro atoms. The summed E-state index contributed by atoms with van der Waals surface area (Å²) < 4.78 is 0. The second kappa shape index (κ2) is 4.93. The number of hydrogen-bond donors (Lipinski definition) is 1. The molecule has 3 heteroatoms. The maximum atomic E-state index is 12.3. The molecule has 0 fully saturated rings. The number of hydrogen-bond acceptors (Lipinski definition) is 2. The van der Waals surface area contributed by atoms with Crippen molar-refractivity contribution in [1.82, 2.24) is 5.32 Å². The lowest BCUT2D eigenvalue weighted by atomic mass is 10.1. The number of fused-ring (bicyclic) bond motifs is 1. The van der Waals surface area contributed by atoms with E-state index in [9.17, 15) is 9.59 Å². The van der Waals surface area contributed by atoms with Gasteiger partial charge in [-0.3, -0.25) is 9.59 Å². The van der Waals surface area contributed by atoms with Crippen molar-refractivity contribution in [3.8, 4) is 0 Å². The van der Waals surface area contributed by atoms with Crippen molar-refractivity contribution < 1.29 is 9.59 Å². The van der Waals surface area contributed by atoms with Crippen LogP contribution >= 0.6 is 0 Å². The number of nitrogens with one attached hydrogen (secondary N) is 1. The molecule has 1 unspecified atom stereocenters. The van der Waals surface area contributed by atoms with Gasteiger partial charge in [0.1, 0.15) is 0 Å². The zero-order chi connectivity index (χ0) is 14.1. The van der Waals surface area contributed by atoms with Crippen LogP contribution in [0.3, 0.4) is 0 Å². The van der Waals surface area contributed by atoms with E-state index in [1.54, 1.807) is 6.07 Å². The Kier molecular flexibility index (Phi) is 3.11. The van der Waals surface area contributed by atoms with Crippen LogP contribution in [-0.2, 0) is 6.42 Å². The van der Waals surface area contributed by atoms with E-state index in [1.807, 2.05) is 49.4 Å². The largest absolute Gasteiger partial charge is 0.341 e. The molecular weight excluding hydrogens is 250 g/mol. The molecule has 1 atom stereocenters. The van der Waals surface area contributed by atoms with Crippen molar-refractivity contribution in [3.63, 3.8) is 0 Å². The average Bonchev–Trinajstić information content (AvgIpc) is 2.76. The molecular formula is C17H15NO2. The van der Waals surface area contributed by atoms with Crippen molar-refractivity contribution in [2.45, 2.75) is 19.4 Å². The highest BCUT2D eigenvalue weighted by atomic mass is 16.2. The molecule has 2 aromatic rings. The van der Waals surface area contributed by atoms with E-state index < -0.39 is 6.04 Å². The molecule has 0 aromatic heterocycles. The van der Waals surface area contributed by atoms with Gasteiger partial charge in [-0.05, 0) is 24.1 Å². The molecule has 0 radical (unpaired) electrons. The third-order valence-corrected chi connectivity index (χ3v) is 3.72. The summed E-state index contributed by atoms with van der Waals surface area (Å²) in [6, 6.07) is 14.5. The summed E-state index contributed by atoms with van der Waals surface area (Å²) in [7, 11) is 0. The van der Waals surface area contributed by atoms with Crippen molar-refractivity contribution in [3.05, 3.63) is 70.8 Å². The first kappa shape index (κ1) is 12.6. The molecule has 1 amide bonds. The Balaban J connectivity index is 1.79. The standard InChI is InChI=1S/C17H15NO2/c1-11-6-2-4-8-13(11)17(20)18-15-10-12-7-3-5-9-14(12)16(15)19/h2-9,15H,10H2,1H3,(H,18,20). The molecule has 1 aliphatic carbocycles. The SMILES string of the molecule is Cc1ccccc1C(=O)NC1Cc2ccccc2C1=O. The lowest BCUT2D eigenvalue weighted by molar-refractivity contribution is 0.0868. The predicted molar refractivity (Wildman–Crippen MR) is 76.9 cm³/mol. The minimum atomic E-state index is -0.445. The first-order valence-corrected chi connectivity index (χ1v) is 6.65. The Bertz CT molecular complexity index is 691. The molecule has 3 rings (SSSR count). The highest BCUT2D eigenvalue weighted by Crippen LogP contribution is 2.22. The van der Waals surface area contributed by atoms with Crippen molar-refractivity contribution >= 4 is 11.7 Å². The normalized spacial score (nSPS) is 16.9. The van der Waals surface area contributed by atoms with Crippen LogP contribution < -0.4 is 5.32 Å². The van der Waals surface area contributed by atoms with Gasteiger partial charge in [-0.1, -0.05) is 42.5 Å². The second-order valence-electron chi connectivity index (χ2n) is 5.07. The molecule has 0 saturated heterocycles. The third kappa shape index (κ3) is 2.11. The van der Waals surface area contributed by atoms with E-state index in [0.717, 1.165) is 16.7 Å². The van der Waals surface area contributed by atoms with E-state index in [4.69, 9.17) is 0 Å². The third-order valence-electron chi connectivity index (χ3n) is 3.72. The van der Waals surface area contributed by atoms with E-state index in [1.165, 1.54) is 0 Å². The van der Waals surface area contributed by atoms with Gasteiger partial charge in [-0.25, -0.2) is 0 Å². The fourth-order valence-corrected chi connectivity index (χ4v) is 2.62. The summed E-state index contributed by atoms with van der Waals surface area (Å²) in [5.41, 5.74) is 3.26. The van der Waals surface area contributed by atoms with Crippen LogP contribution in [-0.4, -0.2) is 17.7 Å². The summed E-state index contributed by atoms with van der Waals surface area (Å²) >= 11 is 0. The Morgan fingerprint density at radius 2 is 1.80 bits per heavy atom. The Morgan fingerprint density at radius 3 is 2.55 bits per heavy atom. The van der Waals surface area contributed by atoms with Crippen LogP contribution in [0.5, 0.6) is 0 Å². The van der Waals surface area contributed by atoms with Crippen LogP contribution in [0.25, 0.3) is 0 Å². The molecule has 100 valence electrons. The molecule has 3 nitrogen and oxygen atoms in total. The predicted octanol–water partition coefficient (Wildman–Crippen LogP) is 2.53. The summed E-state index contributed by atoms with van der Waals surface area (Å²) in [6.45, 7) is 1.89. The zero-order valence-corrected chi connectivity index (χ0v) is 11.2. The first-order valence-electron chi connectivity index (χ1n) is 6.65. The molecule has 1 N–H and O–H groups in total. The Morgan fingerprint density at radius 1 is 1.10 bits per heavy atom. The van der Waals surface area contributed by atoms with Gasteiger partial charge in [0.15, 0.2) is 5.78 Å². The van der Waals surface area contributed by atoms with Crippen molar-refractivity contribution in [1.29, 1.82) is 0 Å². The second-order valence-corrected chi connectivity index (χ2v) is 5.07. The van der Waals surface area contributed by atoms with E-state index >= 15 is 0 Å². The monoisotopic (exact) mass is 265 g/mol. The zero-order valence-electron chi connectivity index (χ0n) is 11.2. The highest BCUT2D eigenvalue weighted by Gasteiger charge is 2.31. The van der Waals surface area contributed by atoms with Gasteiger partial charge in [-0.15, -0.1) is 0 Å². The number of benzene rings is 2. The Labute approximate surface area is 117 Å². The minimum absolute atomic E-state index is 0.00235. The van der Waals surface area contributed by atoms with Crippen LogP contribution in [0.4, 0.5) is 0 Å². The fraction of sp³-hybridized carbons (Fsp3) is 0.176. The van der Waals surface area contributed by atoms with E-state index in [-0.39, 0.29) is 11.7 Å². The number of ketones is 1. The smallest absolute Gasteiger partial charge is 0.252 e. The maximum Gasteiger partial charge on any atom is 0.252 e. The van der Waals surface area contributed by atoms with E-state index in [0.29, 0.717) is 12.0 Å². The average molecular weight is 265 g/mol. The first-order chi connectivity index (χ1) is 9.66. The number of rotatable bonds is 2. The lowest BCUT2D eigenvalue weighted by Crippen LogP contribution is -2.39. The Hall–Kier alpha value is -2.42. The molecule has 2 aromatic carbocycles. The van der Waals surface area contributed by atoms with Gasteiger partial charge >= 0.3 is 0 Å².